The summed E-state index contributed by atoms with van der Waals surface area (Å²) >= 11 is 0. The van der Waals surface area contributed by atoms with Gasteiger partial charge in [-0.2, -0.15) is 0 Å². The number of piperazine rings is 1. The number of hydrogen-bond acceptors (Lipinski definition) is 5. The number of carbonyl (C=O) groups is 2. The van der Waals surface area contributed by atoms with E-state index in [4.69, 9.17) is 15.0 Å². The van der Waals surface area contributed by atoms with Gasteiger partial charge in [-0.3, -0.25) is 14.6 Å². The van der Waals surface area contributed by atoms with Crippen LogP contribution in [0, 0.1) is 13.8 Å². The fourth-order valence-electron chi connectivity index (χ4n) is 4.21. The second kappa shape index (κ2) is 12.5. The van der Waals surface area contributed by atoms with Crippen LogP contribution in [-0.4, -0.2) is 95.9 Å². The fraction of sp³-hybridized carbons (Fsp3) is 0.636. The van der Waals surface area contributed by atoms with Gasteiger partial charge in [0.25, 0.3) is 6.47 Å². The van der Waals surface area contributed by atoms with Crippen molar-refractivity contribution < 1.29 is 19.8 Å². The molecule has 2 fully saturated rings. The summed E-state index contributed by atoms with van der Waals surface area (Å²) < 4.78 is 0. The Kier molecular flexibility index (Phi) is 10.1. The second-order valence-electron chi connectivity index (χ2n) is 7.94. The number of amides is 2. The van der Waals surface area contributed by atoms with E-state index in [2.05, 4.69) is 47.2 Å². The number of nitrogens with one attached hydrogen (secondary N) is 1. The van der Waals surface area contributed by atoms with E-state index in [0.717, 1.165) is 58.7 Å². The van der Waals surface area contributed by atoms with Crippen molar-refractivity contribution in [1.29, 1.82) is 0 Å². The van der Waals surface area contributed by atoms with Crippen molar-refractivity contribution in [3.8, 4) is 0 Å². The van der Waals surface area contributed by atoms with Gasteiger partial charge in [-0.1, -0.05) is 18.2 Å². The van der Waals surface area contributed by atoms with Crippen LogP contribution < -0.4 is 5.32 Å². The number of carboxylic acid groups (broad SMARTS) is 1. The molecule has 2 heterocycles. The van der Waals surface area contributed by atoms with Gasteiger partial charge in [0.05, 0.1) is 6.61 Å². The highest BCUT2D eigenvalue weighted by molar-refractivity contribution is 5.74. The summed E-state index contributed by atoms with van der Waals surface area (Å²) in [5.41, 5.74) is 3.72. The van der Waals surface area contributed by atoms with Crippen LogP contribution >= 0.6 is 0 Å². The molecule has 168 valence electrons. The van der Waals surface area contributed by atoms with Crippen LogP contribution in [0.4, 0.5) is 4.79 Å². The number of hydrogen-bond donors (Lipinski definition) is 3. The zero-order chi connectivity index (χ0) is 21.9. The number of benzene rings is 1. The Labute approximate surface area is 179 Å². The molecule has 0 aromatic heterocycles. The molecule has 0 saturated carbocycles. The van der Waals surface area contributed by atoms with Gasteiger partial charge in [0.2, 0.25) is 0 Å². The van der Waals surface area contributed by atoms with Crippen LogP contribution in [0.5, 0.6) is 0 Å². The molecule has 8 nitrogen and oxygen atoms in total. The molecule has 3 N–H and O–H groups in total. The number of likely N-dealkylation sites (tertiary alicyclic amines) is 1. The zero-order valence-electron chi connectivity index (χ0n) is 18.2. The van der Waals surface area contributed by atoms with Crippen LogP contribution in [-0.2, 0) is 11.3 Å². The van der Waals surface area contributed by atoms with Gasteiger partial charge >= 0.3 is 6.03 Å². The molecule has 2 aliphatic heterocycles. The molecule has 8 heteroatoms. The van der Waals surface area contributed by atoms with Crippen molar-refractivity contribution >= 4 is 12.5 Å². The Morgan fingerprint density at radius 1 is 1.13 bits per heavy atom. The van der Waals surface area contributed by atoms with E-state index < -0.39 is 0 Å². The third-order valence-electron chi connectivity index (χ3n) is 6.24. The normalized spacial score (nSPS) is 18.4. The first-order chi connectivity index (χ1) is 14.5. The third-order valence-corrected chi connectivity index (χ3v) is 6.24. The van der Waals surface area contributed by atoms with Crippen LogP contribution in [0.2, 0.25) is 0 Å². The summed E-state index contributed by atoms with van der Waals surface area (Å²) in [6.07, 6.45) is 2.10. The van der Waals surface area contributed by atoms with E-state index in [0.29, 0.717) is 12.6 Å². The number of piperidine rings is 1. The van der Waals surface area contributed by atoms with Crippen molar-refractivity contribution in [3.05, 3.63) is 34.9 Å². The maximum atomic E-state index is 12.5. The molecular formula is C22H36N4O4. The number of aliphatic hydroxyl groups excluding tert-OH is 1. The summed E-state index contributed by atoms with van der Waals surface area (Å²) in [5.74, 6) is 0. The first-order valence-corrected chi connectivity index (χ1v) is 10.7. The second-order valence-corrected chi connectivity index (χ2v) is 7.94. The molecular weight excluding hydrogens is 384 g/mol. The predicted molar refractivity (Wildman–Crippen MR) is 117 cm³/mol. The molecule has 30 heavy (non-hydrogen) atoms. The summed E-state index contributed by atoms with van der Waals surface area (Å²) in [7, 11) is 0. The van der Waals surface area contributed by atoms with Gasteiger partial charge in [0, 0.05) is 58.4 Å². The van der Waals surface area contributed by atoms with Crippen LogP contribution in [0.1, 0.15) is 29.5 Å². The van der Waals surface area contributed by atoms with Crippen LogP contribution in [0.25, 0.3) is 0 Å². The molecule has 0 aliphatic carbocycles. The SMILES string of the molecule is Cc1cccc(CNC(=O)N2CCC(N3CCN(CCO)CC3)CC2)c1C.O=CO. The smallest absolute Gasteiger partial charge is 0.317 e. The van der Waals surface area contributed by atoms with Crippen LogP contribution in [0.3, 0.4) is 0 Å². The van der Waals surface area contributed by atoms with E-state index in [9.17, 15) is 4.79 Å². The summed E-state index contributed by atoms with van der Waals surface area (Å²) in [4.78, 5) is 27.8. The highest BCUT2D eigenvalue weighted by Crippen LogP contribution is 2.19. The molecule has 0 bridgehead atoms. The van der Waals surface area contributed by atoms with Gasteiger partial charge in [-0.15, -0.1) is 0 Å². The van der Waals surface area contributed by atoms with E-state index >= 15 is 0 Å². The zero-order valence-corrected chi connectivity index (χ0v) is 18.2. The monoisotopic (exact) mass is 420 g/mol. The minimum absolute atomic E-state index is 0.0575. The third kappa shape index (κ3) is 6.97. The Bertz CT molecular complexity index is 669. The van der Waals surface area contributed by atoms with Gasteiger partial charge < -0.3 is 20.4 Å². The molecule has 2 aliphatic rings. The lowest BCUT2D eigenvalue weighted by Crippen LogP contribution is -2.54. The minimum atomic E-state index is -0.250. The fourth-order valence-corrected chi connectivity index (χ4v) is 4.21. The number of aryl methyl sites for hydroxylation is 1. The lowest BCUT2D eigenvalue weighted by atomic mass is 10.0. The maximum Gasteiger partial charge on any atom is 0.317 e. The molecule has 0 radical (unpaired) electrons. The summed E-state index contributed by atoms with van der Waals surface area (Å²) in [6.45, 7) is 11.5. The molecule has 3 rings (SSSR count). The Morgan fingerprint density at radius 2 is 1.77 bits per heavy atom. The Balaban J connectivity index is 0.00000101. The topological polar surface area (TPSA) is 96.4 Å². The first-order valence-electron chi connectivity index (χ1n) is 10.7. The number of aliphatic hydroxyl groups is 1. The largest absolute Gasteiger partial charge is 0.483 e. The minimum Gasteiger partial charge on any atom is -0.483 e. The standard InChI is InChI=1S/C21H34N4O2.CH2O2/c1-17-4-3-5-19(18(17)2)16-22-21(27)25-8-6-20(7-9-25)24-12-10-23(11-13-24)14-15-26;2-1-3/h3-5,20,26H,6-16H2,1-2H3,(H,22,27);1H,(H,2,3). The van der Waals surface area contributed by atoms with Crippen LogP contribution in [0.15, 0.2) is 18.2 Å². The highest BCUT2D eigenvalue weighted by Gasteiger charge is 2.28. The quantitative estimate of drug-likeness (QED) is 0.621. The van der Waals surface area contributed by atoms with Crippen molar-refractivity contribution in [2.45, 2.75) is 39.3 Å². The Hall–Kier alpha value is -2.16. The summed E-state index contributed by atoms with van der Waals surface area (Å²) in [5, 5.41) is 19.0. The lowest BCUT2D eigenvalue weighted by Gasteiger charge is -2.42. The van der Waals surface area contributed by atoms with E-state index in [-0.39, 0.29) is 19.1 Å². The average Bonchev–Trinajstić information content (AvgIpc) is 2.76. The van der Waals surface area contributed by atoms with Gasteiger partial charge in [-0.05, 0) is 43.4 Å². The van der Waals surface area contributed by atoms with Gasteiger partial charge in [0.15, 0.2) is 0 Å². The van der Waals surface area contributed by atoms with E-state index in [1.807, 2.05) is 4.90 Å². The Morgan fingerprint density at radius 3 is 2.37 bits per heavy atom. The van der Waals surface area contributed by atoms with Crippen molar-refractivity contribution in [2.24, 2.45) is 0 Å². The first kappa shape index (κ1) is 24.1. The van der Waals surface area contributed by atoms with Gasteiger partial charge in [-0.25, -0.2) is 4.79 Å². The number of rotatable bonds is 5. The van der Waals surface area contributed by atoms with Crippen molar-refractivity contribution in [3.63, 3.8) is 0 Å². The number of β-amino-alcohol motifs (C(OH)–C–C–N with tert-alkyl or cyclic N) is 1. The lowest BCUT2D eigenvalue weighted by molar-refractivity contribution is -0.122. The van der Waals surface area contributed by atoms with E-state index in [1.54, 1.807) is 0 Å². The molecule has 1 aromatic rings. The van der Waals surface area contributed by atoms with Gasteiger partial charge in [0.1, 0.15) is 0 Å². The molecule has 0 spiro atoms. The summed E-state index contributed by atoms with van der Waals surface area (Å²) in [6, 6.07) is 6.89. The van der Waals surface area contributed by atoms with E-state index in [1.165, 1.54) is 16.7 Å². The number of urea groups is 1. The number of nitrogens with zero attached hydrogens (tertiary/aromatic N) is 3. The van der Waals surface area contributed by atoms with Crippen molar-refractivity contribution in [2.75, 3.05) is 52.4 Å². The molecule has 2 amide bonds. The molecule has 0 unspecified atom stereocenters. The maximum absolute atomic E-state index is 12.5. The highest BCUT2D eigenvalue weighted by atomic mass is 16.3. The van der Waals surface area contributed by atoms with Crippen molar-refractivity contribution in [1.82, 2.24) is 20.0 Å². The molecule has 0 atom stereocenters. The number of carbonyl (C=O) groups excluding carboxylic acids is 1. The molecule has 2 saturated heterocycles. The average molecular weight is 421 g/mol. The molecule has 1 aromatic carbocycles. The predicted octanol–water partition coefficient (Wildman–Crippen LogP) is 1.29.